The molecule has 0 N–H and O–H groups in total. The molecule has 0 spiro atoms. The monoisotopic (exact) mass is 151 g/mol. The van der Waals surface area contributed by atoms with Crippen LogP contribution in [0.15, 0.2) is 30.0 Å². The lowest BCUT2D eigenvalue weighted by Crippen LogP contribution is -1.90. The van der Waals surface area contributed by atoms with Gasteiger partial charge in [0.25, 0.3) is 0 Å². The SMILES string of the molecule is c1ccn(-c2ncsn2)c1. The fourth-order valence-electron chi connectivity index (χ4n) is 0.747. The first kappa shape index (κ1) is 5.61. The first-order valence-electron chi connectivity index (χ1n) is 2.86. The molecule has 50 valence electrons. The van der Waals surface area contributed by atoms with Crippen LogP contribution in [0.25, 0.3) is 5.95 Å². The van der Waals surface area contributed by atoms with E-state index in [1.54, 1.807) is 5.51 Å². The fourth-order valence-corrected chi connectivity index (χ4v) is 1.17. The molecule has 0 aliphatic carbocycles. The summed E-state index contributed by atoms with van der Waals surface area (Å²) >= 11 is 1.36. The summed E-state index contributed by atoms with van der Waals surface area (Å²) < 4.78 is 5.92. The molecule has 4 heteroatoms. The van der Waals surface area contributed by atoms with Crippen LogP contribution < -0.4 is 0 Å². The molecule has 10 heavy (non-hydrogen) atoms. The van der Waals surface area contributed by atoms with Gasteiger partial charge in [0.05, 0.1) is 0 Å². The molecule has 2 aromatic heterocycles. The third-order valence-electron chi connectivity index (χ3n) is 1.19. The normalized spacial score (nSPS) is 10.0. The Balaban J connectivity index is 2.48. The number of rotatable bonds is 1. The molecule has 0 amide bonds. The highest BCUT2D eigenvalue weighted by molar-refractivity contribution is 7.03. The van der Waals surface area contributed by atoms with E-state index in [0.717, 1.165) is 5.95 Å². The van der Waals surface area contributed by atoms with Crippen molar-refractivity contribution in [2.24, 2.45) is 0 Å². The second kappa shape index (κ2) is 2.22. The average molecular weight is 151 g/mol. The van der Waals surface area contributed by atoms with E-state index in [0.29, 0.717) is 0 Å². The lowest BCUT2D eigenvalue weighted by Gasteiger charge is -1.90. The zero-order valence-electron chi connectivity index (χ0n) is 5.14. The van der Waals surface area contributed by atoms with Crippen molar-refractivity contribution >= 4 is 11.5 Å². The highest BCUT2D eigenvalue weighted by Crippen LogP contribution is 2.01. The van der Waals surface area contributed by atoms with Gasteiger partial charge < -0.3 is 0 Å². The first-order valence-corrected chi connectivity index (χ1v) is 3.70. The Morgan fingerprint density at radius 3 is 2.70 bits per heavy atom. The highest BCUT2D eigenvalue weighted by atomic mass is 32.1. The minimum Gasteiger partial charge on any atom is -0.292 e. The summed E-state index contributed by atoms with van der Waals surface area (Å²) in [7, 11) is 0. The third kappa shape index (κ3) is 0.823. The van der Waals surface area contributed by atoms with E-state index in [1.807, 2.05) is 29.1 Å². The number of aromatic nitrogens is 3. The van der Waals surface area contributed by atoms with Gasteiger partial charge in [0.15, 0.2) is 0 Å². The van der Waals surface area contributed by atoms with Crippen molar-refractivity contribution in [1.29, 1.82) is 0 Å². The van der Waals surface area contributed by atoms with Gasteiger partial charge in [0.2, 0.25) is 5.95 Å². The highest BCUT2D eigenvalue weighted by Gasteiger charge is 1.94. The fraction of sp³-hybridized carbons (Fsp3) is 0. The Morgan fingerprint density at radius 2 is 2.10 bits per heavy atom. The molecule has 0 atom stereocenters. The van der Waals surface area contributed by atoms with Gasteiger partial charge in [0.1, 0.15) is 5.51 Å². The van der Waals surface area contributed by atoms with E-state index in [4.69, 9.17) is 0 Å². The van der Waals surface area contributed by atoms with Crippen LogP contribution in [-0.2, 0) is 0 Å². The zero-order chi connectivity index (χ0) is 6.81. The van der Waals surface area contributed by atoms with Crippen LogP contribution in [0.1, 0.15) is 0 Å². The smallest absolute Gasteiger partial charge is 0.245 e. The van der Waals surface area contributed by atoms with Gasteiger partial charge in [-0.1, -0.05) is 0 Å². The van der Waals surface area contributed by atoms with Gasteiger partial charge in [-0.3, -0.25) is 4.57 Å². The van der Waals surface area contributed by atoms with Crippen molar-refractivity contribution < 1.29 is 0 Å². The molecule has 0 aromatic carbocycles. The summed E-state index contributed by atoms with van der Waals surface area (Å²) in [5, 5.41) is 0. The molecule has 2 aromatic rings. The number of hydrogen-bond acceptors (Lipinski definition) is 3. The second-order valence-corrected chi connectivity index (χ2v) is 2.43. The largest absolute Gasteiger partial charge is 0.292 e. The molecule has 0 saturated carbocycles. The van der Waals surface area contributed by atoms with Gasteiger partial charge in [-0.2, -0.15) is 4.37 Å². The van der Waals surface area contributed by atoms with Gasteiger partial charge in [-0.25, -0.2) is 4.98 Å². The Kier molecular flexibility index (Phi) is 1.25. The zero-order valence-corrected chi connectivity index (χ0v) is 5.95. The lowest BCUT2D eigenvalue weighted by molar-refractivity contribution is 0.981. The molecule has 3 nitrogen and oxygen atoms in total. The maximum absolute atomic E-state index is 4.05. The minimum atomic E-state index is 0.745. The number of hydrogen-bond donors (Lipinski definition) is 0. The van der Waals surface area contributed by atoms with Crippen LogP contribution in [0.5, 0.6) is 0 Å². The lowest BCUT2D eigenvalue weighted by atomic mass is 10.7. The van der Waals surface area contributed by atoms with E-state index in [2.05, 4.69) is 9.36 Å². The van der Waals surface area contributed by atoms with Crippen molar-refractivity contribution in [3.8, 4) is 5.95 Å². The van der Waals surface area contributed by atoms with Crippen molar-refractivity contribution in [2.75, 3.05) is 0 Å². The standard InChI is InChI=1S/C6H5N3S/c1-2-4-9(3-1)6-7-5-10-8-6/h1-5H. The van der Waals surface area contributed by atoms with Crippen molar-refractivity contribution in [3.05, 3.63) is 30.0 Å². The molecule has 0 bridgehead atoms. The summed E-state index contributed by atoms with van der Waals surface area (Å²) in [6.45, 7) is 0. The topological polar surface area (TPSA) is 30.7 Å². The molecule has 2 heterocycles. The van der Waals surface area contributed by atoms with Gasteiger partial charge >= 0.3 is 0 Å². The van der Waals surface area contributed by atoms with Crippen molar-refractivity contribution in [2.45, 2.75) is 0 Å². The molecule has 0 unspecified atom stereocenters. The summed E-state index contributed by atoms with van der Waals surface area (Å²) in [6, 6.07) is 3.89. The Bertz CT molecular complexity index is 252. The van der Waals surface area contributed by atoms with E-state index < -0.39 is 0 Å². The Hall–Kier alpha value is -1.16. The summed E-state index contributed by atoms with van der Waals surface area (Å²) in [5.41, 5.74) is 1.72. The van der Waals surface area contributed by atoms with E-state index in [1.165, 1.54) is 11.5 Å². The number of nitrogens with zero attached hydrogens (tertiary/aromatic N) is 3. The van der Waals surface area contributed by atoms with E-state index >= 15 is 0 Å². The third-order valence-corrected chi connectivity index (χ3v) is 1.65. The molecule has 0 aliphatic heterocycles. The Labute approximate surface area is 62.1 Å². The predicted octanol–water partition coefficient (Wildman–Crippen LogP) is 1.33. The maximum Gasteiger partial charge on any atom is 0.245 e. The predicted molar refractivity (Wildman–Crippen MR) is 39.2 cm³/mol. The summed E-state index contributed by atoms with van der Waals surface area (Å²) in [4.78, 5) is 4.03. The van der Waals surface area contributed by atoms with Crippen LogP contribution in [0, 0.1) is 0 Å². The molecular weight excluding hydrogens is 146 g/mol. The van der Waals surface area contributed by atoms with Gasteiger partial charge in [-0.15, -0.1) is 0 Å². The van der Waals surface area contributed by atoms with Gasteiger partial charge in [-0.05, 0) is 23.7 Å². The van der Waals surface area contributed by atoms with E-state index in [-0.39, 0.29) is 0 Å². The molecule has 0 radical (unpaired) electrons. The van der Waals surface area contributed by atoms with Crippen LogP contribution >= 0.6 is 11.5 Å². The summed E-state index contributed by atoms with van der Waals surface area (Å²) in [6.07, 6.45) is 3.84. The van der Waals surface area contributed by atoms with Crippen molar-refractivity contribution in [3.63, 3.8) is 0 Å². The first-order chi connectivity index (χ1) is 4.97. The maximum atomic E-state index is 4.05. The van der Waals surface area contributed by atoms with Gasteiger partial charge in [0, 0.05) is 12.4 Å². The van der Waals surface area contributed by atoms with E-state index in [9.17, 15) is 0 Å². The molecule has 2 rings (SSSR count). The van der Waals surface area contributed by atoms with Crippen molar-refractivity contribution in [1.82, 2.24) is 13.9 Å². The molecule has 0 fully saturated rings. The molecular formula is C6H5N3S. The second-order valence-electron chi connectivity index (χ2n) is 1.82. The van der Waals surface area contributed by atoms with Crippen LogP contribution in [0.2, 0.25) is 0 Å². The Morgan fingerprint density at radius 1 is 1.30 bits per heavy atom. The molecule has 0 aliphatic rings. The van der Waals surface area contributed by atoms with Crippen LogP contribution in [0.4, 0.5) is 0 Å². The quantitative estimate of drug-likeness (QED) is 0.615. The average Bonchev–Trinajstić information content (AvgIpc) is 2.59. The summed E-state index contributed by atoms with van der Waals surface area (Å²) in [5.74, 6) is 0.745. The van der Waals surface area contributed by atoms with Crippen LogP contribution in [0.3, 0.4) is 0 Å². The van der Waals surface area contributed by atoms with Crippen LogP contribution in [-0.4, -0.2) is 13.9 Å². The molecule has 0 saturated heterocycles. The minimum absolute atomic E-state index is 0.745.